The first-order valence-electron chi connectivity index (χ1n) is 6.33. The van der Waals surface area contributed by atoms with E-state index in [-0.39, 0.29) is 17.9 Å². The number of likely N-dealkylation sites (N-methyl/N-ethyl adjacent to an activating group) is 1. The zero-order chi connectivity index (χ0) is 14.0. The maximum Gasteiger partial charge on any atom is 0.336 e. The molecule has 2 aliphatic heterocycles. The summed E-state index contributed by atoms with van der Waals surface area (Å²) in [5, 5.41) is 3.53. The summed E-state index contributed by atoms with van der Waals surface area (Å²) in [5.41, 5.74) is 1.69. The molecule has 0 bridgehead atoms. The first-order chi connectivity index (χ1) is 9.08. The number of ether oxygens (including phenoxy) is 1. The molecule has 1 N–H and O–H groups in total. The Hall–Kier alpha value is -1.43. The van der Waals surface area contributed by atoms with E-state index in [0.29, 0.717) is 13.0 Å². The molecule has 0 spiro atoms. The lowest BCUT2D eigenvalue weighted by molar-refractivity contribution is -0.138. The van der Waals surface area contributed by atoms with Crippen LogP contribution in [0, 0.1) is 0 Å². The number of rotatable bonds is 3. The molecule has 2 rings (SSSR count). The van der Waals surface area contributed by atoms with Crippen LogP contribution in [0.2, 0.25) is 0 Å². The predicted molar refractivity (Wildman–Crippen MR) is 74.2 cm³/mol. The molecule has 0 saturated carbocycles. The Morgan fingerprint density at radius 3 is 2.95 bits per heavy atom. The molecule has 6 heteroatoms. The van der Waals surface area contributed by atoms with Crippen molar-refractivity contribution in [1.29, 1.82) is 0 Å². The van der Waals surface area contributed by atoms with E-state index in [9.17, 15) is 9.59 Å². The molecule has 104 valence electrons. The molecule has 1 amide bonds. The van der Waals surface area contributed by atoms with Crippen molar-refractivity contribution in [2.24, 2.45) is 0 Å². The van der Waals surface area contributed by atoms with Crippen LogP contribution >= 0.6 is 11.8 Å². The van der Waals surface area contributed by atoms with Crippen molar-refractivity contribution in [2.45, 2.75) is 26.3 Å². The maximum atomic E-state index is 11.9. The van der Waals surface area contributed by atoms with Gasteiger partial charge in [-0.15, -0.1) is 11.8 Å². The Morgan fingerprint density at radius 2 is 2.32 bits per heavy atom. The molecular formula is C13H18N2O3S. The summed E-state index contributed by atoms with van der Waals surface area (Å²) in [4.78, 5) is 25.4. The minimum absolute atomic E-state index is 0.117. The standard InChI is InChI=1S/C13H18N2O3S/c1-4-18-13(17)10-5-8(2)15-9(6-11(16)14-3)7-19-12(10)15/h6,8H,4-5,7H2,1-3H3,(H,14,16). The van der Waals surface area contributed by atoms with E-state index in [1.807, 2.05) is 0 Å². The van der Waals surface area contributed by atoms with Crippen LogP contribution in [-0.2, 0) is 14.3 Å². The van der Waals surface area contributed by atoms with Crippen molar-refractivity contribution < 1.29 is 14.3 Å². The predicted octanol–water partition coefficient (Wildman–Crippen LogP) is 1.23. The normalized spacial score (nSPS) is 23.8. The molecule has 2 aliphatic rings. The largest absolute Gasteiger partial charge is 0.463 e. The quantitative estimate of drug-likeness (QED) is 0.623. The van der Waals surface area contributed by atoms with E-state index in [2.05, 4.69) is 17.1 Å². The Bertz CT molecular complexity index is 471. The van der Waals surface area contributed by atoms with Gasteiger partial charge in [0.25, 0.3) is 0 Å². The summed E-state index contributed by atoms with van der Waals surface area (Å²) >= 11 is 1.60. The molecule has 0 radical (unpaired) electrons. The number of thioether (sulfide) groups is 1. The minimum Gasteiger partial charge on any atom is -0.463 e. The van der Waals surface area contributed by atoms with Crippen LogP contribution in [0.5, 0.6) is 0 Å². The number of hydrogen-bond acceptors (Lipinski definition) is 5. The third-order valence-electron chi connectivity index (χ3n) is 3.15. The van der Waals surface area contributed by atoms with Gasteiger partial charge in [0, 0.05) is 37.0 Å². The monoisotopic (exact) mass is 282 g/mol. The average molecular weight is 282 g/mol. The van der Waals surface area contributed by atoms with Gasteiger partial charge < -0.3 is 15.0 Å². The lowest BCUT2D eigenvalue weighted by Crippen LogP contribution is -2.25. The number of nitrogens with zero attached hydrogens (tertiary/aromatic N) is 1. The molecule has 1 unspecified atom stereocenters. The van der Waals surface area contributed by atoms with Gasteiger partial charge in [-0.1, -0.05) is 0 Å². The maximum absolute atomic E-state index is 11.9. The first-order valence-corrected chi connectivity index (χ1v) is 7.31. The number of fused-ring (bicyclic) bond motifs is 1. The Balaban J connectivity index is 2.26. The van der Waals surface area contributed by atoms with Crippen LogP contribution in [0.4, 0.5) is 0 Å². The molecule has 1 saturated heterocycles. The van der Waals surface area contributed by atoms with Crippen molar-refractivity contribution in [3.05, 3.63) is 22.4 Å². The van der Waals surface area contributed by atoms with Gasteiger partial charge in [0.15, 0.2) is 0 Å². The smallest absolute Gasteiger partial charge is 0.336 e. The summed E-state index contributed by atoms with van der Waals surface area (Å²) < 4.78 is 5.08. The fourth-order valence-electron chi connectivity index (χ4n) is 2.33. The number of nitrogens with one attached hydrogen (secondary N) is 1. The third-order valence-corrected chi connectivity index (χ3v) is 4.31. The van der Waals surface area contributed by atoms with E-state index in [4.69, 9.17) is 4.74 Å². The van der Waals surface area contributed by atoms with Crippen LogP contribution in [-0.4, -0.2) is 42.2 Å². The fourth-order valence-corrected chi connectivity index (χ4v) is 3.61. The number of amides is 1. The molecule has 1 atom stereocenters. The topological polar surface area (TPSA) is 58.6 Å². The molecule has 0 aliphatic carbocycles. The molecule has 0 aromatic carbocycles. The van der Waals surface area contributed by atoms with Crippen molar-refractivity contribution in [1.82, 2.24) is 10.2 Å². The second-order valence-electron chi connectivity index (χ2n) is 4.47. The van der Waals surface area contributed by atoms with Crippen LogP contribution < -0.4 is 5.32 Å². The van der Waals surface area contributed by atoms with E-state index in [1.165, 1.54) is 0 Å². The molecular weight excluding hydrogens is 264 g/mol. The highest BCUT2D eigenvalue weighted by Crippen LogP contribution is 2.45. The summed E-state index contributed by atoms with van der Waals surface area (Å²) in [5.74, 6) is 0.366. The lowest BCUT2D eigenvalue weighted by Gasteiger charge is -2.21. The van der Waals surface area contributed by atoms with Crippen molar-refractivity contribution >= 4 is 23.6 Å². The van der Waals surface area contributed by atoms with Gasteiger partial charge in [-0.25, -0.2) is 4.79 Å². The van der Waals surface area contributed by atoms with Gasteiger partial charge in [0.1, 0.15) is 0 Å². The highest BCUT2D eigenvalue weighted by molar-refractivity contribution is 8.03. The van der Waals surface area contributed by atoms with Crippen LogP contribution in [0.15, 0.2) is 22.4 Å². The van der Waals surface area contributed by atoms with Crippen molar-refractivity contribution in [3.8, 4) is 0 Å². The number of carbonyl (C=O) groups excluding carboxylic acids is 2. The number of carbonyl (C=O) groups is 2. The summed E-state index contributed by atoms with van der Waals surface area (Å²) in [6.07, 6.45) is 2.27. The van der Waals surface area contributed by atoms with E-state index in [1.54, 1.807) is 31.8 Å². The molecule has 5 nitrogen and oxygen atoms in total. The second kappa shape index (κ2) is 5.69. The van der Waals surface area contributed by atoms with Gasteiger partial charge >= 0.3 is 5.97 Å². The Labute approximate surface area is 117 Å². The minimum atomic E-state index is -0.236. The van der Waals surface area contributed by atoms with Crippen LogP contribution in [0.1, 0.15) is 20.3 Å². The highest BCUT2D eigenvalue weighted by Gasteiger charge is 2.39. The van der Waals surface area contributed by atoms with Gasteiger partial charge in [0.05, 0.1) is 17.2 Å². The number of esters is 1. The molecule has 0 aromatic heterocycles. The van der Waals surface area contributed by atoms with Crippen LogP contribution in [0.25, 0.3) is 0 Å². The molecule has 2 heterocycles. The van der Waals surface area contributed by atoms with E-state index < -0.39 is 0 Å². The van der Waals surface area contributed by atoms with Gasteiger partial charge in [-0.2, -0.15) is 0 Å². The highest BCUT2D eigenvalue weighted by atomic mass is 32.2. The summed E-state index contributed by atoms with van der Waals surface area (Å²) in [6.45, 7) is 4.24. The molecule has 0 aromatic rings. The lowest BCUT2D eigenvalue weighted by atomic mass is 10.1. The molecule has 19 heavy (non-hydrogen) atoms. The summed E-state index contributed by atoms with van der Waals surface area (Å²) in [6, 6.07) is 0.195. The Morgan fingerprint density at radius 1 is 1.58 bits per heavy atom. The van der Waals surface area contributed by atoms with E-state index >= 15 is 0 Å². The van der Waals surface area contributed by atoms with Crippen molar-refractivity contribution in [3.63, 3.8) is 0 Å². The number of hydrogen-bond donors (Lipinski definition) is 1. The zero-order valence-corrected chi connectivity index (χ0v) is 12.2. The van der Waals surface area contributed by atoms with Gasteiger partial charge in [-0.3, -0.25) is 4.79 Å². The third kappa shape index (κ3) is 2.63. The van der Waals surface area contributed by atoms with Gasteiger partial charge in [0.2, 0.25) is 5.91 Å². The zero-order valence-electron chi connectivity index (χ0n) is 11.4. The van der Waals surface area contributed by atoms with Crippen molar-refractivity contribution in [2.75, 3.05) is 19.4 Å². The Kier molecular flexibility index (Phi) is 4.19. The second-order valence-corrected chi connectivity index (χ2v) is 5.43. The van der Waals surface area contributed by atoms with E-state index in [0.717, 1.165) is 22.1 Å². The van der Waals surface area contributed by atoms with Gasteiger partial charge in [-0.05, 0) is 13.8 Å². The first kappa shape index (κ1) is 14.0. The fraction of sp³-hybridized carbons (Fsp3) is 0.538. The molecule has 1 fully saturated rings. The summed E-state index contributed by atoms with van der Waals surface area (Å²) in [7, 11) is 1.61. The van der Waals surface area contributed by atoms with Crippen LogP contribution in [0.3, 0.4) is 0 Å². The average Bonchev–Trinajstić information content (AvgIpc) is 2.92. The SMILES string of the molecule is CCOC(=O)C1=C2SCC(=CC(=O)NC)N2C(C)C1.